The molecule has 3 heterocycles. The summed E-state index contributed by atoms with van der Waals surface area (Å²) in [7, 11) is 1.64. The van der Waals surface area contributed by atoms with Crippen molar-refractivity contribution in [1.29, 1.82) is 0 Å². The quantitative estimate of drug-likeness (QED) is 0.583. The third-order valence-corrected chi connectivity index (χ3v) is 6.18. The number of nitrogens with zero attached hydrogens (tertiary/aromatic N) is 5. The zero-order valence-electron chi connectivity index (χ0n) is 18.6. The van der Waals surface area contributed by atoms with Crippen LogP contribution < -0.4 is 20.3 Å². The van der Waals surface area contributed by atoms with Crippen molar-refractivity contribution in [3.8, 4) is 5.75 Å². The summed E-state index contributed by atoms with van der Waals surface area (Å²) in [5.74, 6) is 0.941. The molecule has 1 aromatic carbocycles. The Bertz CT molecular complexity index is 1100. The van der Waals surface area contributed by atoms with Crippen LogP contribution in [0.5, 0.6) is 5.75 Å². The Morgan fingerprint density at radius 2 is 1.85 bits per heavy atom. The van der Waals surface area contributed by atoms with E-state index in [0.717, 1.165) is 74.5 Å². The molecule has 174 valence electrons. The Morgan fingerprint density at radius 1 is 1.06 bits per heavy atom. The summed E-state index contributed by atoms with van der Waals surface area (Å²) >= 11 is 0. The van der Waals surface area contributed by atoms with Gasteiger partial charge >= 0.3 is 0 Å². The Morgan fingerprint density at radius 3 is 2.64 bits per heavy atom. The monoisotopic (exact) mass is 453 g/mol. The van der Waals surface area contributed by atoms with E-state index in [1.807, 2.05) is 0 Å². The maximum atomic E-state index is 13.6. The van der Waals surface area contributed by atoms with Crippen molar-refractivity contribution in [2.24, 2.45) is 0 Å². The molecule has 1 aliphatic heterocycles. The molecular formula is C23H28FN7O2. The van der Waals surface area contributed by atoms with Gasteiger partial charge in [0.2, 0.25) is 5.95 Å². The molecule has 2 fully saturated rings. The molecule has 0 radical (unpaired) electrons. The number of hydrogen-bond acceptors (Lipinski definition) is 9. The van der Waals surface area contributed by atoms with E-state index in [1.54, 1.807) is 19.4 Å². The van der Waals surface area contributed by atoms with Crippen LogP contribution in [0, 0.1) is 5.82 Å². The van der Waals surface area contributed by atoms with Crippen LogP contribution in [-0.2, 0) is 4.74 Å². The van der Waals surface area contributed by atoms with Crippen LogP contribution in [0.15, 0.2) is 30.7 Å². The van der Waals surface area contributed by atoms with Crippen molar-refractivity contribution >= 4 is 28.5 Å². The zero-order valence-corrected chi connectivity index (χ0v) is 18.6. The van der Waals surface area contributed by atoms with Gasteiger partial charge < -0.3 is 25.0 Å². The molecule has 3 aromatic rings. The highest BCUT2D eigenvalue weighted by molar-refractivity contribution is 5.85. The molecule has 2 aliphatic rings. The molecule has 1 saturated carbocycles. The molecule has 0 amide bonds. The van der Waals surface area contributed by atoms with E-state index >= 15 is 0 Å². The first-order chi connectivity index (χ1) is 16.2. The summed E-state index contributed by atoms with van der Waals surface area (Å²) < 4.78 is 25.6. The van der Waals surface area contributed by atoms with E-state index in [2.05, 4.69) is 47.6 Å². The topological polar surface area (TPSA) is 97.3 Å². The lowest BCUT2D eigenvalue weighted by atomic mass is 9.93. The summed E-state index contributed by atoms with van der Waals surface area (Å²) in [6.07, 6.45) is 8.29. The second kappa shape index (κ2) is 9.70. The number of hydrogen-bond donors (Lipinski definition) is 2. The van der Waals surface area contributed by atoms with E-state index in [0.29, 0.717) is 5.95 Å². The van der Waals surface area contributed by atoms with Gasteiger partial charge in [-0.2, -0.15) is 4.98 Å². The second-order valence-electron chi connectivity index (χ2n) is 8.34. The van der Waals surface area contributed by atoms with Gasteiger partial charge in [-0.1, -0.05) is 0 Å². The number of benzene rings is 1. The summed E-state index contributed by atoms with van der Waals surface area (Å²) in [6, 6.07) is 4.37. The van der Waals surface area contributed by atoms with Crippen LogP contribution in [0.3, 0.4) is 0 Å². The molecule has 10 heteroatoms. The Hall–Kier alpha value is -3.27. The normalized spacial score (nSPS) is 21.1. The molecule has 1 aliphatic carbocycles. The van der Waals surface area contributed by atoms with Gasteiger partial charge in [-0.25, -0.2) is 14.4 Å². The molecule has 33 heavy (non-hydrogen) atoms. The zero-order chi connectivity index (χ0) is 22.6. The lowest BCUT2D eigenvalue weighted by Gasteiger charge is -2.31. The van der Waals surface area contributed by atoms with E-state index < -0.39 is 5.82 Å². The van der Waals surface area contributed by atoms with Gasteiger partial charge in [-0.05, 0) is 31.7 Å². The van der Waals surface area contributed by atoms with Gasteiger partial charge in [0.15, 0.2) is 11.6 Å². The highest BCUT2D eigenvalue weighted by Gasteiger charge is 2.25. The van der Waals surface area contributed by atoms with Gasteiger partial charge in [0, 0.05) is 50.3 Å². The minimum atomic E-state index is -0.463. The maximum Gasteiger partial charge on any atom is 0.225 e. The first-order valence-corrected chi connectivity index (χ1v) is 11.4. The van der Waals surface area contributed by atoms with E-state index in [1.165, 1.54) is 6.20 Å². The van der Waals surface area contributed by atoms with Gasteiger partial charge in [-0.3, -0.25) is 4.98 Å². The van der Waals surface area contributed by atoms with Crippen molar-refractivity contribution in [3.05, 3.63) is 36.5 Å². The van der Waals surface area contributed by atoms with Crippen LogP contribution in [0.2, 0.25) is 0 Å². The second-order valence-corrected chi connectivity index (χ2v) is 8.34. The van der Waals surface area contributed by atoms with Crippen LogP contribution >= 0.6 is 0 Å². The largest absolute Gasteiger partial charge is 0.488 e. The predicted molar refractivity (Wildman–Crippen MR) is 124 cm³/mol. The average molecular weight is 454 g/mol. The Kier molecular flexibility index (Phi) is 6.34. The Balaban J connectivity index is 1.26. The van der Waals surface area contributed by atoms with Crippen LogP contribution in [0.4, 0.5) is 21.8 Å². The SMILES string of the molecule is CNc1nc(N[C@H]2CC[C@@H](Oc3cc(N4CCOCC4)cc4nccnc34)CC2)ncc1F. The predicted octanol–water partition coefficient (Wildman–Crippen LogP) is 3.24. The maximum absolute atomic E-state index is 13.6. The van der Waals surface area contributed by atoms with Gasteiger partial charge in [0.25, 0.3) is 0 Å². The number of ether oxygens (including phenoxy) is 2. The summed E-state index contributed by atoms with van der Waals surface area (Å²) in [4.78, 5) is 19.6. The minimum absolute atomic E-state index is 0.0928. The molecule has 5 rings (SSSR count). The van der Waals surface area contributed by atoms with Crippen molar-refractivity contribution in [3.63, 3.8) is 0 Å². The van der Waals surface area contributed by atoms with Crippen LogP contribution in [-0.4, -0.2) is 65.4 Å². The highest BCUT2D eigenvalue weighted by Crippen LogP contribution is 2.33. The first kappa shape index (κ1) is 21.6. The summed E-state index contributed by atoms with van der Waals surface area (Å²) in [5, 5.41) is 6.07. The smallest absolute Gasteiger partial charge is 0.225 e. The summed E-state index contributed by atoms with van der Waals surface area (Å²) in [5.41, 5.74) is 2.71. The number of rotatable bonds is 6. The number of halogens is 1. The van der Waals surface area contributed by atoms with Gasteiger partial charge in [-0.15, -0.1) is 0 Å². The molecule has 0 bridgehead atoms. The van der Waals surface area contributed by atoms with E-state index in [-0.39, 0.29) is 18.0 Å². The number of aromatic nitrogens is 4. The van der Waals surface area contributed by atoms with Gasteiger partial charge in [0.05, 0.1) is 31.0 Å². The lowest BCUT2D eigenvalue weighted by molar-refractivity contribution is 0.122. The van der Waals surface area contributed by atoms with Crippen molar-refractivity contribution in [2.75, 3.05) is 48.9 Å². The molecule has 0 spiro atoms. The fraction of sp³-hybridized carbons (Fsp3) is 0.478. The Labute approximate surface area is 191 Å². The van der Waals surface area contributed by atoms with Crippen LogP contribution in [0.1, 0.15) is 25.7 Å². The molecule has 0 unspecified atom stereocenters. The average Bonchev–Trinajstić information content (AvgIpc) is 2.87. The third kappa shape index (κ3) is 4.90. The molecule has 0 atom stereocenters. The number of nitrogens with one attached hydrogen (secondary N) is 2. The fourth-order valence-electron chi connectivity index (χ4n) is 4.42. The standard InChI is InChI=1S/C23H28FN7O2/c1-25-22-18(24)14-28-23(30-22)29-15-2-4-17(5-3-15)33-20-13-16(31-8-10-32-11-9-31)12-19-21(20)27-7-6-26-19/h6-7,12-15,17H,2-5,8-11H2,1H3,(H2,25,28,29,30)/t15-,17+. The van der Waals surface area contributed by atoms with E-state index in [9.17, 15) is 4.39 Å². The first-order valence-electron chi connectivity index (χ1n) is 11.4. The van der Waals surface area contributed by atoms with Crippen molar-refractivity contribution in [1.82, 2.24) is 19.9 Å². The number of morpholine rings is 1. The van der Waals surface area contributed by atoms with Crippen molar-refractivity contribution < 1.29 is 13.9 Å². The molecule has 1 saturated heterocycles. The highest BCUT2D eigenvalue weighted by atomic mass is 19.1. The third-order valence-electron chi connectivity index (χ3n) is 6.18. The molecule has 9 nitrogen and oxygen atoms in total. The summed E-state index contributed by atoms with van der Waals surface area (Å²) in [6.45, 7) is 3.14. The lowest BCUT2D eigenvalue weighted by Crippen LogP contribution is -2.36. The number of fused-ring (bicyclic) bond motifs is 1. The van der Waals surface area contributed by atoms with Crippen LogP contribution in [0.25, 0.3) is 11.0 Å². The number of anilines is 3. The van der Waals surface area contributed by atoms with E-state index in [4.69, 9.17) is 9.47 Å². The molecule has 2 N–H and O–H groups in total. The van der Waals surface area contributed by atoms with Crippen molar-refractivity contribution in [2.45, 2.75) is 37.8 Å². The molecule has 2 aromatic heterocycles. The molecular weight excluding hydrogens is 425 g/mol. The van der Waals surface area contributed by atoms with Gasteiger partial charge in [0.1, 0.15) is 11.3 Å². The fourth-order valence-corrected chi connectivity index (χ4v) is 4.42. The minimum Gasteiger partial charge on any atom is -0.488 e.